The summed E-state index contributed by atoms with van der Waals surface area (Å²) in [7, 11) is 1.72. The third-order valence-corrected chi connectivity index (χ3v) is 5.26. The fourth-order valence-corrected chi connectivity index (χ4v) is 4.25. The molecule has 0 aromatic heterocycles. The first-order valence-corrected chi connectivity index (χ1v) is 9.44. The highest BCUT2D eigenvalue weighted by molar-refractivity contribution is 5.64. The summed E-state index contributed by atoms with van der Waals surface area (Å²) in [6, 6.07) is 0.311. The molecule has 4 fully saturated rings. The molecule has 0 aromatic rings. The third kappa shape index (κ3) is 3.50. The molecule has 8 heteroatoms. The Labute approximate surface area is 154 Å². The normalized spacial score (nSPS) is 43.8. The van der Waals surface area contributed by atoms with Gasteiger partial charge in [0.25, 0.3) is 0 Å². The molecule has 26 heavy (non-hydrogen) atoms. The Morgan fingerprint density at radius 3 is 2.50 bits per heavy atom. The van der Waals surface area contributed by atoms with Gasteiger partial charge < -0.3 is 28.4 Å². The predicted octanol–water partition coefficient (Wildman–Crippen LogP) is 1.48. The van der Waals surface area contributed by atoms with Crippen LogP contribution in [0.3, 0.4) is 0 Å². The van der Waals surface area contributed by atoms with Crippen molar-refractivity contribution in [2.45, 2.75) is 88.9 Å². The van der Waals surface area contributed by atoms with Crippen LogP contribution in [0.1, 0.15) is 40.5 Å². The molecule has 4 rings (SSSR count). The van der Waals surface area contributed by atoms with Crippen LogP contribution in [-0.4, -0.2) is 79.8 Å². The van der Waals surface area contributed by atoms with Crippen LogP contribution in [0, 0.1) is 0 Å². The lowest BCUT2D eigenvalue weighted by atomic mass is 10.00. The summed E-state index contributed by atoms with van der Waals surface area (Å²) in [5.74, 6) is -1.40. The van der Waals surface area contributed by atoms with Crippen molar-refractivity contribution in [2.24, 2.45) is 5.10 Å². The van der Waals surface area contributed by atoms with Gasteiger partial charge in [0, 0.05) is 13.7 Å². The van der Waals surface area contributed by atoms with Crippen LogP contribution in [-0.2, 0) is 28.4 Å². The van der Waals surface area contributed by atoms with Crippen molar-refractivity contribution in [2.75, 3.05) is 20.3 Å². The lowest BCUT2D eigenvalue weighted by Crippen LogP contribution is -2.55. The number of nitrogens with zero attached hydrogens (tertiary/aromatic N) is 2. The SMILES string of the molecule is COC[C@@H]1CCCN1/N=C/[C@H]1O[C@@H]2OC(C)(C)O[C@@H]2[C@H]2OC(C)(C)O[C@H]21. The van der Waals surface area contributed by atoms with E-state index in [1.54, 1.807) is 7.11 Å². The minimum atomic E-state index is -0.708. The average Bonchev–Trinajstić information content (AvgIpc) is 3.19. The van der Waals surface area contributed by atoms with Gasteiger partial charge in [0.1, 0.15) is 24.4 Å². The topological polar surface area (TPSA) is 71.0 Å². The van der Waals surface area contributed by atoms with E-state index in [4.69, 9.17) is 28.4 Å². The highest BCUT2D eigenvalue weighted by atomic mass is 16.9. The minimum Gasteiger partial charge on any atom is -0.382 e. The van der Waals surface area contributed by atoms with E-state index < -0.39 is 17.9 Å². The summed E-state index contributed by atoms with van der Waals surface area (Å²) in [4.78, 5) is 0. The fourth-order valence-electron chi connectivity index (χ4n) is 4.25. The van der Waals surface area contributed by atoms with Crippen molar-refractivity contribution in [3.8, 4) is 0 Å². The van der Waals surface area contributed by atoms with Crippen LogP contribution in [0.25, 0.3) is 0 Å². The number of hydrogen-bond acceptors (Lipinski definition) is 8. The number of ether oxygens (including phenoxy) is 6. The summed E-state index contributed by atoms with van der Waals surface area (Å²) in [5, 5.41) is 6.75. The van der Waals surface area contributed by atoms with Gasteiger partial charge in [-0.2, -0.15) is 5.10 Å². The second-order valence-corrected chi connectivity index (χ2v) is 8.31. The maximum atomic E-state index is 6.15. The zero-order valence-corrected chi connectivity index (χ0v) is 16.2. The minimum absolute atomic E-state index is 0.254. The Morgan fingerprint density at radius 2 is 1.73 bits per heavy atom. The summed E-state index contributed by atoms with van der Waals surface area (Å²) >= 11 is 0. The molecule has 0 spiro atoms. The second-order valence-electron chi connectivity index (χ2n) is 8.31. The number of hydrazone groups is 1. The van der Waals surface area contributed by atoms with E-state index in [0.29, 0.717) is 12.6 Å². The predicted molar refractivity (Wildman–Crippen MR) is 92.6 cm³/mol. The van der Waals surface area contributed by atoms with E-state index in [1.165, 1.54) is 0 Å². The Kier molecular flexibility index (Phi) is 4.78. The van der Waals surface area contributed by atoms with Gasteiger partial charge in [-0.3, -0.25) is 5.01 Å². The molecular weight excluding hydrogens is 340 g/mol. The smallest absolute Gasteiger partial charge is 0.190 e. The molecule has 4 aliphatic rings. The van der Waals surface area contributed by atoms with Crippen LogP contribution in [0.5, 0.6) is 0 Å². The molecule has 148 valence electrons. The van der Waals surface area contributed by atoms with Crippen LogP contribution >= 0.6 is 0 Å². The molecule has 4 aliphatic heterocycles. The van der Waals surface area contributed by atoms with E-state index in [9.17, 15) is 0 Å². The van der Waals surface area contributed by atoms with Crippen molar-refractivity contribution in [3.05, 3.63) is 0 Å². The first-order chi connectivity index (χ1) is 12.3. The standard InChI is InChI=1S/C18H30N2O6/c1-17(2)23-13-12(9-19-20-8-6-7-11(20)10-21-5)22-16-15(14(13)24-17)25-18(3,4)26-16/h9,11-16H,6-8,10H2,1-5H3/b19-9+/t11-,12+,13-,14-,15+,16+/m0/s1. The molecule has 0 amide bonds. The van der Waals surface area contributed by atoms with Crippen molar-refractivity contribution in [1.82, 2.24) is 5.01 Å². The molecule has 0 aliphatic carbocycles. The quantitative estimate of drug-likeness (QED) is 0.694. The molecule has 0 N–H and O–H groups in total. The monoisotopic (exact) mass is 370 g/mol. The molecule has 0 saturated carbocycles. The van der Waals surface area contributed by atoms with Gasteiger partial charge in [0.2, 0.25) is 0 Å². The third-order valence-electron chi connectivity index (χ3n) is 5.26. The number of fused-ring (bicyclic) bond motifs is 3. The number of methoxy groups -OCH3 is 1. The Hall–Kier alpha value is -0.770. The zero-order valence-electron chi connectivity index (χ0n) is 16.2. The summed E-state index contributed by atoms with van der Waals surface area (Å²) in [6.45, 7) is 9.18. The van der Waals surface area contributed by atoms with Gasteiger partial charge in [0.15, 0.2) is 17.9 Å². The highest BCUT2D eigenvalue weighted by Crippen LogP contribution is 2.43. The van der Waals surface area contributed by atoms with E-state index in [2.05, 4.69) is 10.1 Å². The van der Waals surface area contributed by atoms with Crippen LogP contribution < -0.4 is 0 Å². The van der Waals surface area contributed by atoms with Crippen molar-refractivity contribution >= 4 is 6.21 Å². The zero-order chi connectivity index (χ0) is 18.5. The Balaban J connectivity index is 1.51. The summed E-state index contributed by atoms with van der Waals surface area (Å²) in [6.07, 6.45) is 2.33. The Bertz CT molecular complexity index is 554. The Morgan fingerprint density at radius 1 is 1.04 bits per heavy atom. The van der Waals surface area contributed by atoms with Crippen molar-refractivity contribution < 1.29 is 28.4 Å². The second kappa shape index (κ2) is 6.68. The van der Waals surface area contributed by atoms with Gasteiger partial charge in [-0.25, -0.2) is 0 Å². The first-order valence-electron chi connectivity index (χ1n) is 9.44. The number of hydrogen-bond donors (Lipinski definition) is 0. The molecule has 0 unspecified atom stereocenters. The lowest BCUT2D eigenvalue weighted by molar-refractivity contribution is -0.217. The van der Waals surface area contributed by atoms with Gasteiger partial charge >= 0.3 is 0 Å². The van der Waals surface area contributed by atoms with E-state index in [-0.39, 0.29) is 24.4 Å². The molecule has 6 atom stereocenters. The molecule has 4 heterocycles. The number of rotatable bonds is 4. The molecule has 0 radical (unpaired) electrons. The molecule has 0 bridgehead atoms. The first kappa shape index (κ1) is 18.6. The van der Waals surface area contributed by atoms with Gasteiger partial charge in [-0.05, 0) is 40.5 Å². The van der Waals surface area contributed by atoms with Gasteiger partial charge in [-0.1, -0.05) is 0 Å². The molecular formula is C18H30N2O6. The van der Waals surface area contributed by atoms with Crippen molar-refractivity contribution in [1.29, 1.82) is 0 Å². The van der Waals surface area contributed by atoms with Crippen LogP contribution in [0.15, 0.2) is 5.10 Å². The van der Waals surface area contributed by atoms with Crippen molar-refractivity contribution in [3.63, 3.8) is 0 Å². The van der Waals surface area contributed by atoms with E-state index in [1.807, 2.05) is 33.9 Å². The summed E-state index contributed by atoms with van der Waals surface area (Å²) < 4.78 is 35.6. The largest absolute Gasteiger partial charge is 0.382 e. The molecule has 0 aromatic carbocycles. The van der Waals surface area contributed by atoms with Gasteiger partial charge in [-0.15, -0.1) is 0 Å². The molecule has 8 nitrogen and oxygen atoms in total. The van der Waals surface area contributed by atoms with Gasteiger partial charge in [0.05, 0.1) is 18.9 Å². The summed E-state index contributed by atoms with van der Waals surface area (Å²) in [5.41, 5.74) is 0. The van der Waals surface area contributed by atoms with E-state index >= 15 is 0 Å². The van der Waals surface area contributed by atoms with E-state index in [0.717, 1.165) is 19.4 Å². The lowest BCUT2D eigenvalue weighted by Gasteiger charge is -2.35. The highest BCUT2D eigenvalue weighted by Gasteiger charge is 2.60. The van der Waals surface area contributed by atoms with Crippen LogP contribution in [0.4, 0.5) is 0 Å². The fraction of sp³-hybridized carbons (Fsp3) is 0.944. The average molecular weight is 370 g/mol. The maximum absolute atomic E-state index is 6.15. The molecule has 4 saturated heterocycles. The maximum Gasteiger partial charge on any atom is 0.190 e. The van der Waals surface area contributed by atoms with Crippen LogP contribution in [0.2, 0.25) is 0 Å².